The van der Waals surface area contributed by atoms with E-state index in [-0.39, 0.29) is 17.0 Å². The quantitative estimate of drug-likeness (QED) is 0.827. The molecule has 1 saturated carbocycles. The van der Waals surface area contributed by atoms with Crippen molar-refractivity contribution >= 4 is 17.0 Å². The number of aromatic nitrogens is 2. The van der Waals surface area contributed by atoms with Crippen LogP contribution in [-0.2, 0) is 6.54 Å². The summed E-state index contributed by atoms with van der Waals surface area (Å²) < 4.78 is 16.4. The Labute approximate surface area is 155 Å². The van der Waals surface area contributed by atoms with Crippen LogP contribution in [0.15, 0.2) is 17.1 Å². The third kappa shape index (κ3) is 3.46. The zero-order valence-corrected chi connectivity index (χ0v) is 15.0. The molecule has 4 rings (SSSR count). The molecule has 0 unspecified atom stereocenters. The lowest BCUT2D eigenvalue weighted by Gasteiger charge is -2.31. The summed E-state index contributed by atoms with van der Waals surface area (Å²) in [5.74, 6) is -1.35. The molecule has 0 aromatic carbocycles. The zero-order valence-electron chi connectivity index (χ0n) is 15.0. The number of likely N-dealkylation sites (tertiary alicyclic amines) is 1. The number of rotatable bonds is 5. The van der Waals surface area contributed by atoms with Crippen LogP contribution in [0.25, 0.3) is 11.0 Å². The molecule has 2 aliphatic rings. The van der Waals surface area contributed by atoms with Crippen molar-refractivity contribution in [3.63, 3.8) is 0 Å². The number of piperidine rings is 1. The maximum absolute atomic E-state index is 14.7. The van der Waals surface area contributed by atoms with Crippen LogP contribution >= 0.6 is 0 Å². The average molecular weight is 374 g/mol. The molecule has 27 heavy (non-hydrogen) atoms. The monoisotopic (exact) mass is 374 g/mol. The van der Waals surface area contributed by atoms with Crippen LogP contribution in [0.5, 0.6) is 0 Å². The van der Waals surface area contributed by atoms with Gasteiger partial charge in [-0.2, -0.15) is 0 Å². The minimum absolute atomic E-state index is 0.0323. The third-order valence-electron chi connectivity index (χ3n) is 5.62. The lowest BCUT2D eigenvalue weighted by atomic mass is 9.97. The summed E-state index contributed by atoms with van der Waals surface area (Å²) in [6.07, 6.45) is 5.13. The van der Waals surface area contributed by atoms with Crippen LogP contribution < -0.4 is 11.2 Å². The molecule has 2 aromatic heterocycles. The van der Waals surface area contributed by atoms with E-state index in [1.165, 1.54) is 6.20 Å². The summed E-state index contributed by atoms with van der Waals surface area (Å²) in [6, 6.07) is 1.27. The number of nitrogens with two attached hydrogens (primary N) is 1. The normalized spacial score (nSPS) is 18.9. The average Bonchev–Trinajstić information content (AvgIpc) is 3.49. The predicted molar refractivity (Wildman–Crippen MR) is 98.2 cm³/mol. The minimum atomic E-state index is -1.30. The Bertz CT molecular complexity index is 946. The number of nitrogens with zero attached hydrogens (tertiary/aromatic N) is 3. The fraction of sp³-hybridized carbons (Fsp3) is 0.526. The topological polar surface area (TPSA) is 101 Å². The van der Waals surface area contributed by atoms with Gasteiger partial charge in [0.1, 0.15) is 17.0 Å². The lowest BCUT2D eigenvalue weighted by molar-refractivity contribution is 0.0695. The molecule has 2 aromatic rings. The van der Waals surface area contributed by atoms with Gasteiger partial charge in [-0.1, -0.05) is 0 Å². The Morgan fingerprint density at radius 3 is 2.59 bits per heavy atom. The number of hydrogen-bond acceptors (Lipinski definition) is 5. The van der Waals surface area contributed by atoms with Crippen molar-refractivity contribution in [2.75, 3.05) is 19.6 Å². The molecule has 0 spiro atoms. The van der Waals surface area contributed by atoms with E-state index in [0.29, 0.717) is 30.3 Å². The van der Waals surface area contributed by atoms with Gasteiger partial charge in [0.25, 0.3) is 0 Å². The molecule has 8 heteroatoms. The van der Waals surface area contributed by atoms with Crippen molar-refractivity contribution in [3.8, 4) is 0 Å². The van der Waals surface area contributed by atoms with Gasteiger partial charge in [-0.3, -0.25) is 9.69 Å². The van der Waals surface area contributed by atoms with E-state index in [2.05, 4.69) is 9.88 Å². The molecule has 1 aliphatic heterocycles. The highest BCUT2D eigenvalue weighted by Gasteiger charge is 2.28. The van der Waals surface area contributed by atoms with Crippen LogP contribution in [0, 0.1) is 11.7 Å². The van der Waals surface area contributed by atoms with Crippen LogP contribution in [0.4, 0.5) is 4.39 Å². The molecule has 3 N–H and O–H groups in total. The third-order valence-corrected chi connectivity index (χ3v) is 5.62. The number of carbonyl (C=O) groups is 1. The molecule has 7 nitrogen and oxygen atoms in total. The number of carboxylic acids is 1. The van der Waals surface area contributed by atoms with Gasteiger partial charge in [-0.25, -0.2) is 14.2 Å². The van der Waals surface area contributed by atoms with Gasteiger partial charge in [-0.05, 0) is 57.3 Å². The summed E-state index contributed by atoms with van der Waals surface area (Å²) in [4.78, 5) is 30.5. The van der Waals surface area contributed by atoms with Gasteiger partial charge in [0.05, 0.1) is 11.1 Å². The van der Waals surface area contributed by atoms with Crippen LogP contribution in [0.1, 0.15) is 47.8 Å². The zero-order chi connectivity index (χ0) is 19.1. The maximum atomic E-state index is 14.7. The Morgan fingerprint density at radius 2 is 2.00 bits per heavy atom. The molecule has 144 valence electrons. The number of fused-ring (bicyclic) bond motifs is 1. The smallest absolute Gasteiger partial charge is 0.341 e. The maximum Gasteiger partial charge on any atom is 0.341 e. The summed E-state index contributed by atoms with van der Waals surface area (Å²) in [5, 5.41) is 9.32. The highest BCUT2D eigenvalue weighted by atomic mass is 19.1. The second kappa shape index (κ2) is 7.01. The fourth-order valence-corrected chi connectivity index (χ4v) is 3.77. The largest absolute Gasteiger partial charge is 0.477 e. The Balaban J connectivity index is 1.72. The molecule has 0 radical (unpaired) electrons. The fourth-order valence-electron chi connectivity index (χ4n) is 3.77. The predicted octanol–water partition coefficient (Wildman–Crippen LogP) is 1.74. The van der Waals surface area contributed by atoms with Crippen molar-refractivity contribution in [1.29, 1.82) is 0 Å². The first kappa shape index (κ1) is 18.1. The second-order valence-electron chi connectivity index (χ2n) is 7.56. The van der Waals surface area contributed by atoms with E-state index in [1.54, 1.807) is 4.57 Å². The molecule has 1 saturated heterocycles. The van der Waals surface area contributed by atoms with Crippen molar-refractivity contribution in [2.45, 2.75) is 38.3 Å². The van der Waals surface area contributed by atoms with E-state index >= 15 is 0 Å². The molecule has 1 aliphatic carbocycles. The summed E-state index contributed by atoms with van der Waals surface area (Å²) in [5.41, 5.74) is 5.37. The molecule has 0 atom stereocenters. The SMILES string of the molecule is NCC1CCN(Cc2nc3c(cc2F)c(=O)c(C(=O)O)cn3C2CC2)CC1. The van der Waals surface area contributed by atoms with Crippen LogP contribution in [-0.4, -0.2) is 45.2 Å². The minimum Gasteiger partial charge on any atom is -0.477 e. The number of hydrogen-bond donors (Lipinski definition) is 2. The molecular formula is C19H23FN4O3. The van der Waals surface area contributed by atoms with Crippen LogP contribution in [0.3, 0.4) is 0 Å². The van der Waals surface area contributed by atoms with Gasteiger partial charge in [0.2, 0.25) is 5.43 Å². The molecule has 2 fully saturated rings. The summed E-state index contributed by atoms with van der Waals surface area (Å²) >= 11 is 0. The highest BCUT2D eigenvalue weighted by molar-refractivity contribution is 5.91. The summed E-state index contributed by atoms with van der Waals surface area (Å²) in [7, 11) is 0. The molecule has 0 bridgehead atoms. The number of aromatic carboxylic acids is 1. The van der Waals surface area contributed by atoms with E-state index in [0.717, 1.165) is 44.8 Å². The van der Waals surface area contributed by atoms with Gasteiger partial charge < -0.3 is 15.4 Å². The van der Waals surface area contributed by atoms with Crippen LogP contribution in [0.2, 0.25) is 0 Å². The second-order valence-corrected chi connectivity index (χ2v) is 7.56. The van der Waals surface area contributed by atoms with Gasteiger partial charge in [0, 0.05) is 18.8 Å². The number of pyridine rings is 2. The van der Waals surface area contributed by atoms with Gasteiger partial charge >= 0.3 is 5.97 Å². The van der Waals surface area contributed by atoms with E-state index in [9.17, 15) is 19.1 Å². The van der Waals surface area contributed by atoms with Crippen molar-refractivity contribution in [3.05, 3.63) is 39.6 Å². The highest BCUT2D eigenvalue weighted by Crippen LogP contribution is 2.36. The Hall–Kier alpha value is -2.32. The van der Waals surface area contributed by atoms with Crippen molar-refractivity contribution in [2.24, 2.45) is 11.7 Å². The van der Waals surface area contributed by atoms with Gasteiger partial charge in [-0.15, -0.1) is 0 Å². The number of halogens is 1. The van der Waals surface area contributed by atoms with Crippen molar-refractivity contribution in [1.82, 2.24) is 14.5 Å². The first-order valence-electron chi connectivity index (χ1n) is 9.38. The Kier molecular flexibility index (Phi) is 4.69. The van der Waals surface area contributed by atoms with Gasteiger partial charge in [0.15, 0.2) is 0 Å². The Morgan fingerprint density at radius 1 is 1.30 bits per heavy atom. The molecule has 0 amide bonds. The van der Waals surface area contributed by atoms with E-state index in [4.69, 9.17) is 5.73 Å². The lowest BCUT2D eigenvalue weighted by Crippen LogP contribution is -2.36. The van der Waals surface area contributed by atoms with Crippen molar-refractivity contribution < 1.29 is 14.3 Å². The first-order chi connectivity index (χ1) is 13.0. The molecular weight excluding hydrogens is 351 g/mol. The molecule has 3 heterocycles. The first-order valence-corrected chi connectivity index (χ1v) is 9.38. The summed E-state index contributed by atoms with van der Waals surface area (Å²) in [6.45, 7) is 2.73. The standard InChI is InChI=1S/C19H23FN4O3/c20-15-7-13-17(25)14(19(26)27)9-24(12-1-2-12)18(13)22-16(15)10-23-5-3-11(8-21)4-6-23/h7,9,11-12H,1-6,8,10,21H2,(H,26,27). The van der Waals surface area contributed by atoms with E-state index < -0.39 is 17.2 Å². The van der Waals surface area contributed by atoms with E-state index in [1.807, 2.05) is 0 Å². The number of carboxylic acid groups (broad SMARTS) is 1.